The lowest BCUT2D eigenvalue weighted by atomic mass is 10.2. The number of hydrogen-bond acceptors (Lipinski definition) is 4. The zero-order valence-electron chi connectivity index (χ0n) is 10.9. The topological polar surface area (TPSA) is 76.0 Å². The van der Waals surface area contributed by atoms with Crippen LogP contribution in [0.3, 0.4) is 0 Å². The highest BCUT2D eigenvalue weighted by Gasteiger charge is 2.26. The van der Waals surface area contributed by atoms with E-state index in [0.29, 0.717) is 13.1 Å². The molecular formula is C13H19N3O3. The van der Waals surface area contributed by atoms with E-state index in [2.05, 4.69) is 5.32 Å². The minimum absolute atomic E-state index is 0.0106. The summed E-state index contributed by atoms with van der Waals surface area (Å²) in [6.07, 6.45) is -0.770. The maximum Gasteiger partial charge on any atom is 0.324 e. The van der Waals surface area contributed by atoms with Crippen molar-refractivity contribution in [1.29, 1.82) is 0 Å². The number of aliphatic hydroxyl groups excluding tert-OH is 2. The van der Waals surface area contributed by atoms with Crippen LogP contribution in [0, 0.1) is 0 Å². The van der Waals surface area contributed by atoms with Gasteiger partial charge in [0.15, 0.2) is 0 Å². The molecule has 1 aliphatic heterocycles. The summed E-state index contributed by atoms with van der Waals surface area (Å²) in [6.45, 7) is 1.47. The molecule has 1 saturated heterocycles. The minimum atomic E-state index is -0.770. The number of carbonyl (C=O) groups is 1. The summed E-state index contributed by atoms with van der Waals surface area (Å²) in [7, 11) is 1.79. The quantitative estimate of drug-likeness (QED) is 0.717. The summed E-state index contributed by atoms with van der Waals surface area (Å²) in [5, 5.41) is 21.0. The van der Waals surface area contributed by atoms with E-state index in [9.17, 15) is 9.90 Å². The molecule has 0 aliphatic carbocycles. The van der Waals surface area contributed by atoms with Crippen LogP contribution < -0.4 is 10.2 Å². The Morgan fingerprint density at radius 3 is 2.53 bits per heavy atom. The van der Waals surface area contributed by atoms with E-state index in [1.54, 1.807) is 16.8 Å². The van der Waals surface area contributed by atoms with Gasteiger partial charge in [0, 0.05) is 38.1 Å². The van der Waals surface area contributed by atoms with Crippen molar-refractivity contribution in [3.8, 4) is 0 Å². The number of nitrogens with one attached hydrogen (secondary N) is 1. The van der Waals surface area contributed by atoms with Crippen LogP contribution >= 0.6 is 0 Å². The van der Waals surface area contributed by atoms with Gasteiger partial charge in [-0.15, -0.1) is 0 Å². The molecule has 6 heteroatoms. The Morgan fingerprint density at radius 2 is 2.00 bits per heavy atom. The highest BCUT2D eigenvalue weighted by atomic mass is 16.3. The standard InChI is InChI=1S/C13H19N3O3/c1-15-6-7-16(13(15)19)11-4-2-10(3-5-11)14-8-12(18)9-17/h2-5,12,14,17-18H,6-9H2,1H3. The molecule has 3 N–H and O–H groups in total. The Balaban J connectivity index is 1.97. The SMILES string of the molecule is CN1CCN(c2ccc(NCC(O)CO)cc2)C1=O. The van der Waals surface area contributed by atoms with Crippen LogP contribution in [-0.2, 0) is 0 Å². The number of benzene rings is 1. The van der Waals surface area contributed by atoms with Crippen LogP contribution in [0.2, 0.25) is 0 Å². The number of anilines is 2. The molecule has 2 amide bonds. The number of hydrogen-bond donors (Lipinski definition) is 3. The van der Waals surface area contributed by atoms with Gasteiger partial charge >= 0.3 is 6.03 Å². The summed E-state index contributed by atoms with van der Waals surface area (Å²) in [4.78, 5) is 15.2. The number of nitrogens with zero attached hydrogens (tertiary/aromatic N) is 2. The molecule has 2 rings (SSSR count). The smallest absolute Gasteiger partial charge is 0.324 e. The zero-order chi connectivity index (χ0) is 13.8. The Bertz CT molecular complexity index is 435. The Morgan fingerprint density at radius 1 is 1.32 bits per heavy atom. The van der Waals surface area contributed by atoms with E-state index < -0.39 is 6.10 Å². The molecule has 1 aromatic rings. The highest BCUT2D eigenvalue weighted by Crippen LogP contribution is 2.21. The van der Waals surface area contributed by atoms with E-state index in [1.165, 1.54) is 0 Å². The number of urea groups is 1. The summed E-state index contributed by atoms with van der Waals surface area (Å²) in [5.41, 5.74) is 1.71. The van der Waals surface area contributed by atoms with Gasteiger partial charge in [0.05, 0.1) is 12.7 Å². The van der Waals surface area contributed by atoms with Crippen LogP contribution in [0.25, 0.3) is 0 Å². The second kappa shape index (κ2) is 5.90. The van der Waals surface area contributed by atoms with Crippen molar-refractivity contribution in [2.24, 2.45) is 0 Å². The number of amides is 2. The lowest BCUT2D eigenvalue weighted by Gasteiger charge is -2.17. The molecule has 19 heavy (non-hydrogen) atoms. The second-order valence-electron chi connectivity index (χ2n) is 4.62. The first-order valence-electron chi connectivity index (χ1n) is 6.27. The predicted molar refractivity (Wildman–Crippen MR) is 73.4 cm³/mol. The van der Waals surface area contributed by atoms with E-state index in [0.717, 1.165) is 17.9 Å². The largest absolute Gasteiger partial charge is 0.394 e. The monoisotopic (exact) mass is 265 g/mol. The number of aliphatic hydroxyl groups is 2. The molecule has 1 aliphatic rings. The molecule has 1 fully saturated rings. The Kier molecular flexibility index (Phi) is 4.24. The number of likely N-dealkylation sites (N-methyl/N-ethyl adjacent to an activating group) is 1. The first kappa shape index (κ1) is 13.6. The van der Waals surface area contributed by atoms with Crippen LogP contribution in [-0.4, -0.2) is 60.5 Å². The van der Waals surface area contributed by atoms with Gasteiger partial charge in [-0.25, -0.2) is 4.79 Å². The van der Waals surface area contributed by atoms with Crippen LogP contribution in [0.1, 0.15) is 0 Å². The van der Waals surface area contributed by atoms with Crippen molar-refractivity contribution < 1.29 is 15.0 Å². The summed E-state index contributed by atoms with van der Waals surface area (Å²) in [5.74, 6) is 0. The normalized spacial score (nSPS) is 16.9. The average Bonchev–Trinajstić information content (AvgIpc) is 2.77. The van der Waals surface area contributed by atoms with Gasteiger partial charge in [-0.05, 0) is 24.3 Å². The summed E-state index contributed by atoms with van der Waals surface area (Å²) >= 11 is 0. The fourth-order valence-corrected chi connectivity index (χ4v) is 1.95. The average molecular weight is 265 g/mol. The van der Waals surface area contributed by atoms with E-state index >= 15 is 0 Å². The van der Waals surface area contributed by atoms with Crippen molar-refractivity contribution in [2.75, 3.05) is 43.5 Å². The summed E-state index contributed by atoms with van der Waals surface area (Å²) < 4.78 is 0. The van der Waals surface area contributed by atoms with Crippen LogP contribution in [0.4, 0.5) is 16.2 Å². The molecule has 104 valence electrons. The van der Waals surface area contributed by atoms with Crippen molar-refractivity contribution in [3.05, 3.63) is 24.3 Å². The lowest BCUT2D eigenvalue weighted by molar-refractivity contribution is 0.105. The third-order valence-corrected chi connectivity index (χ3v) is 3.15. The molecule has 0 spiro atoms. The van der Waals surface area contributed by atoms with Crippen molar-refractivity contribution >= 4 is 17.4 Å². The van der Waals surface area contributed by atoms with Gasteiger partial charge in [-0.3, -0.25) is 4.90 Å². The van der Waals surface area contributed by atoms with Gasteiger partial charge < -0.3 is 20.4 Å². The van der Waals surface area contributed by atoms with Gasteiger partial charge in [0.25, 0.3) is 0 Å². The molecule has 1 aromatic carbocycles. The lowest BCUT2D eigenvalue weighted by Crippen LogP contribution is -2.29. The zero-order valence-corrected chi connectivity index (χ0v) is 10.9. The molecule has 1 atom stereocenters. The maximum absolute atomic E-state index is 11.8. The van der Waals surface area contributed by atoms with Gasteiger partial charge in [-0.1, -0.05) is 0 Å². The fourth-order valence-electron chi connectivity index (χ4n) is 1.95. The van der Waals surface area contributed by atoms with Gasteiger partial charge in [-0.2, -0.15) is 0 Å². The van der Waals surface area contributed by atoms with E-state index in [-0.39, 0.29) is 12.6 Å². The van der Waals surface area contributed by atoms with Gasteiger partial charge in [0.1, 0.15) is 0 Å². The first-order chi connectivity index (χ1) is 9.11. The van der Waals surface area contributed by atoms with Crippen molar-refractivity contribution in [1.82, 2.24) is 4.90 Å². The second-order valence-corrected chi connectivity index (χ2v) is 4.62. The molecule has 1 unspecified atom stereocenters. The fraction of sp³-hybridized carbons (Fsp3) is 0.462. The van der Waals surface area contributed by atoms with Crippen molar-refractivity contribution in [3.63, 3.8) is 0 Å². The Hall–Kier alpha value is -1.79. The summed E-state index contributed by atoms with van der Waals surface area (Å²) in [6, 6.07) is 7.45. The molecule has 0 radical (unpaired) electrons. The Labute approximate surface area is 112 Å². The predicted octanol–water partition coefficient (Wildman–Crippen LogP) is 0.323. The molecule has 0 bridgehead atoms. The highest BCUT2D eigenvalue weighted by molar-refractivity contribution is 5.94. The van der Waals surface area contributed by atoms with Crippen molar-refractivity contribution in [2.45, 2.75) is 6.10 Å². The van der Waals surface area contributed by atoms with Crippen LogP contribution in [0.5, 0.6) is 0 Å². The molecule has 6 nitrogen and oxygen atoms in total. The molecular weight excluding hydrogens is 246 g/mol. The number of carbonyl (C=O) groups excluding carboxylic acids is 1. The van der Waals surface area contributed by atoms with Gasteiger partial charge in [0.2, 0.25) is 0 Å². The number of rotatable bonds is 5. The minimum Gasteiger partial charge on any atom is -0.394 e. The molecule has 0 saturated carbocycles. The van der Waals surface area contributed by atoms with E-state index in [4.69, 9.17) is 5.11 Å². The third-order valence-electron chi connectivity index (χ3n) is 3.15. The maximum atomic E-state index is 11.8. The first-order valence-corrected chi connectivity index (χ1v) is 6.27. The third kappa shape index (κ3) is 3.15. The van der Waals surface area contributed by atoms with E-state index in [1.807, 2.05) is 24.3 Å². The molecule has 1 heterocycles. The molecule has 0 aromatic heterocycles. The van der Waals surface area contributed by atoms with Crippen LogP contribution in [0.15, 0.2) is 24.3 Å².